The van der Waals surface area contributed by atoms with Gasteiger partial charge in [0.1, 0.15) is 11.6 Å². The first-order valence-electron chi connectivity index (χ1n) is 9.77. The smallest absolute Gasteiger partial charge is 0.228 e. The summed E-state index contributed by atoms with van der Waals surface area (Å²) in [6.07, 6.45) is 2.33. The van der Waals surface area contributed by atoms with Crippen molar-refractivity contribution in [2.75, 3.05) is 19.6 Å². The highest BCUT2D eigenvalue weighted by atomic mass is 35.5. The highest BCUT2D eigenvalue weighted by Crippen LogP contribution is 2.29. The van der Waals surface area contributed by atoms with Gasteiger partial charge in [-0.3, -0.25) is 4.79 Å². The Labute approximate surface area is 188 Å². The molecule has 4 rings (SSSR count). The summed E-state index contributed by atoms with van der Waals surface area (Å²) in [5.74, 6) is 2.73. The Kier molecular flexibility index (Phi) is 8.07. The van der Waals surface area contributed by atoms with Crippen molar-refractivity contribution in [3.63, 3.8) is 0 Å². The molecule has 10 heteroatoms. The van der Waals surface area contributed by atoms with E-state index in [1.807, 2.05) is 10.3 Å². The second kappa shape index (κ2) is 9.73. The summed E-state index contributed by atoms with van der Waals surface area (Å²) in [6.45, 7) is 10.8. The van der Waals surface area contributed by atoms with Crippen molar-refractivity contribution < 1.29 is 4.79 Å². The van der Waals surface area contributed by atoms with E-state index in [4.69, 9.17) is 0 Å². The summed E-state index contributed by atoms with van der Waals surface area (Å²) in [5.41, 5.74) is 0.938. The summed E-state index contributed by atoms with van der Waals surface area (Å²) >= 11 is 1.65. The Morgan fingerprint density at radius 1 is 1.21 bits per heavy atom. The van der Waals surface area contributed by atoms with E-state index in [0.717, 1.165) is 67.9 Å². The number of halogens is 2. The number of rotatable bonds is 3. The lowest BCUT2D eigenvalue weighted by Crippen LogP contribution is -2.39. The number of likely N-dealkylation sites (tertiary alicyclic amines) is 1. The van der Waals surface area contributed by atoms with Crippen LogP contribution in [0.2, 0.25) is 0 Å². The predicted octanol–water partition coefficient (Wildman–Crippen LogP) is 2.93. The molecule has 2 aliphatic rings. The maximum Gasteiger partial charge on any atom is 0.228 e. The number of nitrogens with one attached hydrogen (secondary N) is 1. The molecule has 0 aromatic carbocycles. The zero-order chi connectivity index (χ0) is 19.0. The van der Waals surface area contributed by atoms with Crippen LogP contribution in [0.25, 0.3) is 0 Å². The van der Waals surface area contributed by atoms with Crippen LogP contribution in [0, 0.1) is 0 Å². The van der Waals surface area contributed by atoms with Crippen molar-refractivity contribution in [1.82, 2.24) is 30.0 Å². The van der Waals surface area contributed by atoms with Crippen molar-refractivity contribution in [3.05, 3.63) is 27.7 Å². The van der Waals surface area contributed by atoms with Gasteiger partial charge >= 0.3 is 0 Å². The molecule has 4 heterocycles. The van der Waals surface area contributed by atoms with Gasteiger partial charge in [0, 0.05) is 42.9 Å². The SMILES string of the molecule is CC(C)(C)c1nc(CC(=O)N2CCC(c3nnc4n3CCNC4)CC2)cs1.Cl.Cl. The molecule has 1 amide bonds. The molecular formula is C19H30Cl2N6OS. The molecule has 0 atom stereocenters. The third-order valence-corrected chi connectivity index (χ3v) is 6.71. The van der Waals surface area contributed by atoms with Crippen LogP contribution in [-0.2, 0) is 29.7 Å². The molecule has 7 nitrogen and oxygen atoms in total. The molecule has 0 bridgehead atoms. The standard InChI is InChI=1S/C19H28N6OS.2ClH/c1-19(2,3)18-21-14(12-27-18)10-16(26)24-7-4-13(5-8-24)17-23-22-15-11-20-6-9-25(15)17;;/h12-13,20H,4-11H2,1-3H3;2*1H. The first-order chi connectivity index (χ1) is 12.9. The van der Waals surface area contributed by atoms with E-state index < -0.39 is 0 Å². The van der Waals surface area contributed by atoms with Crippen LogP contribution in [-0.4, -0.2) is 50.2 Å². The number of aromatic nitrogens is 4. The van der Waals surface area contributed by atoms with Gasteiger partial charge < -0.3 is 14.8 Å². The van der Waals surface area contributed by atoms with Crippen molar-refractivity contribution >= 4 is 42.1 Å². The fourth-order valence-corrected chi connectivity index (χ4v) is 4.71. The Morgan fingerprint density at radius 2 is 1.93 bits per heavy atom. The van der Waals surface area contributed by atoms with Crippen molar-refractivity contribution in [3.8, 4) is 0 Å². The third kappa shape index (κ3) is 5.29. The highest BCUT2D eigenvalue weighted by Gasteiger charge is 2.29. The van der Waals surface area contributed by atoms with Gasteiger partial charge in [0.2, 0.25) is 5.91 Å². The van der Waals surface area contributed by atoms with Crippen LogP contribution in [0.1, 0.15) is 61.9 Å². The van der Waals surface area contributed by atoms with Gasteiger partial charge in [-0.05, 0) is 12.8 Å². The zero-order valence-electron chi connectivity index (χ0n) is 17.2. The summed E-state index contributed by atoms with van der Waals surface area (Å²) in [6, 6.07) is 0. The minimum Gasteiger partial charge on any atom is -0.342 e. The maximum absolute atomic E-state index is 12.7. The van der Waals surface area contributed by atoms with E-state index in [-0.39, 0.29) is 36.1 Å². The molecule has 0 saturated carbocycles. The first-order valence-corrected chi connectivity index (χ1v) is 10.6. The monoisotopic (exact) mass is 460 g/mol. The van der Waals surface area contributed by atoms with Crippen molar-refractivity contribution in [2.45, 2.75) is 64.5 Å². The molecule has 162 valence electrons. The van der Waals surface area contributed by atoms with Crippen LogP contribution < -0.4 is 5.32 Å². The van der Waals surface area contributed by atoms with Crippen LogP contribution in [0.3, 0.4) is 0 Å². The molecule has 0 aliphatic carbocycles. The summed E-state index contributed by atoms with van der Waals surface area (Å²) in [4.78, 5) is 19.4. The third-order valence-electron chi connectivity index (χ3n) is 5.39. The van der Waals surface area contributed by atoms with Gasteiger partial charge in [0.25, 0.3) is 0 Å². The minimum absolute atomic E-state index is 0. The van der Waals surface area contributed by atoms with Crippen molar-refractivity contribution in [1.29, 1.82) is 0 Å². The number of amides is 1. The average Bonchev–Trinajstić information content (AvgIpc) is 3.28. The van der Waals surface area contributed by atoms with Gasteiger partial charge in [0.15, 0.2) is 0 Å². The zero-order valence-corrected chi connectivity index (χ0v) is 19.6. The van der Waals surface area contributed by atoms with E-state index >= 15 is 0 Å². The second-order valence-electron chi connectivity index (χ2n) is 8.53. The van der Waals surface area contributed by atoms with Crippen LogP contribution in [0.4, 0.5) is 0 Å². The van der Waals surface area contributed by atoms with Crippen LogP contribution >= 0.6 is 36.2 Å². The Bertz CT molecular complexity index is 823. The second-order valence-corrected chi connectivity index (χ2v) is 9.39. The Balaban J connectivity index is 0.00000150. The molecule has 1 N–H and O–H groups in total. The van der Waals surface area contributed by atoms with Crippen LogP contribution in [0.15, 0.2) is 5.38 Å². The number of fused-ring (bicyclic) bond motifs is 1. The van der Waals surface area contributed by atoms with Gasteiger partial charge in [-0.1, -0.05) is 20.8 Å². The molecule has 0 unspecified atom stereocenters. The molecule has 2 aliphatic heterocycles. The molecular weight excluding hydrogens is 431 g/mol. The highest BCUT2D eigenvalue weighted by molar-refractivity contribution is 7.09. The van der Waals surface area contributed by atoms with Crippen molar-refractivity contribution in [2.24, 2.45) is 0 Å². The molecule has 0 spiro atoms. The Morgan fingerprint density at radius 3 is 2.59 bits per heavy atom. The molecule has 1 saturated heterocycles. The number of thiazole rings is 1. The number of hydrogen-bond donors (Lipinski definition) is 1. The van der Waals surface area contributed by atoms with Gasteiger partial charge in [-0.25, -0.2) is 4.98 Å². The predicted molar refractivity (Wildman–Crippen MR) is 119 cm³/mol. The first kappa shape index (κ1) is 24.1. The molecule has 1 fully saturated rings. The number of carbonyl (C=O) groups is 1. The molecule has 29 heavy (non-hydrogen) atoms. The quantitative estimate of drug-likeness (QED) is 0.761. The van der Waals surface area contributed by atoms with Gasteiger partial charge in [-0.2, -0.15) is 0 Å². The lowest BCUT2D eigenvalue weighted by Gasteiger charge is -2.32. The van der Waals surface area contributed by atoms with E-state index in [1.54, 1.807) is 11.3 Å². The number of nitrogens with zero attached hydrogens (tertiary/aromatic N) is 5. The lowest BCUT2D eigenvalue weighted by molar-refractivity contribution is -0.131. The van der Waals surface area contributed by atoms with Crippen LogP contribution in [0.5, 0.6) is 0 Å². The average molecular weight is 461 g/mol. The van der Waals surface area contributed by atoms with E-state index in [0.29, 0.717) is 12.3 Å². The summed E-state index contributed by atoms with van der Waals surface area (Å²) in [5, 5.41) is 15.2. The number of piperidine rings is 1. The van der Waals surface area contributed by atoms with Gasteiger partial charge in [-0.15, -0.1) is 46.3 Å². The normalized spacial score (nSPS) is 17.3. The van der Waals surface area contributed by atoms with Gasteiger partial charge in [0.05, 0.1) is 23.7 Å². The molecule has 2 aromatic rings. The molecule has 0 radical (unpaired) electrons. The minimum atomic E-state index is 0. The van der Waals surface area contributed by atoms with E-state index in [9.17, 15) is 4.79 Å². The summed E-state index contributed by atoms with van der Waals surface area (Å²) in [7, 11) is 0. The largest absolute Gasteiger partial charge is 0.342 e. The topological polar surface area (TPSA) is 75.9 Å². The summed E-state index contributed by atoms with van der Waals surface area (Å²) < 4.78 is 2.27. The van der Waals surface area contributed by atoms with E-state index in [2.05, 4.69) is 45.8 Å². The Hall–Kier alpha value is -1.22. The fraction of sp³-hybridized carbons (Fsp3) is 0.684. The number of carbonyl (C=O) groups excluding carboxylic acids is 1. The van der Waals surface area contributed by atoms with E-state index in [1.165, 1.54) is 0 Å². The fourth-order valence-electron chi connectivity index (χ4n) is 3.80. The maximum atomic E-state index is 12.7. The molecule has 2 aromatic heterocycles. The number of hydrogen-bond acceptors (Lipinski definition) is 6. The lowest BCUT2D eigenvalue weighted by atomic mass is 9.95.